The van der Waals surface area contributed by atoms with Gasteiger partial charge in [0.1, 0.15) is 0 Å². The molecule has 0 radical (unpaired) electrons. The van der Waals surface area contributed by atoms with Crippen LogP contribution < -0.4 is 10.6 Å². The number of rotatable bonds is 3. The topological polar surface area (TPSA) is 84.7 Å². The zero-order valence-corrected chi connectivity index (χ0v) is 10.2. The number of aryl methyl sites for hydroxylation is 1. The highest BCUT2D eigenvalue weighted by molar-refractivity contribution is 7.80. The number of anilines is 1. The predicted octanol–water partition coefficient (Wildman–Crippen LogP) is 0.162. The van der Waals surface area contributed by atoms with Crippen LogP contribution in [0, 0.1) is 5.92 Å². The predicted molar refractivity (Wildman–Crippen MR) is 62.7 cm³/mol. The summed E-state index contributed by atoms with van der Waals surface area (Å²) in [7, 11) is 0. The Morgan fingerprint density at radius 3 is 2.75 bits per heavy atom. The smallest absolute Gasteiger partial charge is 0.269 e. The van der Waals surface area contributed by atoms with Crippen molar-refractivity contribution >= 4 is 29.2 Å². The summed E-state index contributed by atoms with van der Waals surface area (Å²) in [6.45, 7) is 6.08. The van der Waals surface area contributed by atoms with Gasteiger partial charge in [0.2, 0.25) is 5.91 Å². The largest absolute Gasteiger partial charge is 0.303 e. The molecule has 1 heterocycles. The summed E-state index contributed by atoms with van der Waals surface area (Å²) in [6, 6.07) is 0. The number of thiocarbonyl (C=S) groups is 1. The zero-order valence-electron chi connectivity index (χ0n) is 9.39. The highest BCUT2D eigenvalue weighted by Gasteiger charge is 2.10. The van der Waals surface area contributed by atoms with Crippen LogP contribution in [-0.2, 0) is 11.3 Å². The van der Waals surface area contributed by atoms with Crippen molar-refractivity contribution in [1.82, 2.24) is 25.5 Å². The summed E-state index contributed by atoms with van der Waals surface area (Å²) >= 11 is 4.92. The monoisotopic (exact) mass is 242 g/mol. The molecule has 0 saturated carbocycles. The second kappa shape index (κ2) is 5.50. The molecule has 16 heavy (non-hydrogen) atoms. The average molecular weight is 242 g/mol. The van der Waals surface area contributed by atoms with Crippen molar-refractivity contribution in [2.45, 2.75) is 27.3 Å². The Balaban J connectivity index is 2.48. The first kappa shape index (κ1) is 12.5. The maximum absolute atomic E-state index is 11.3. The maximum Gasteiger partial charge on any atom is 0.269 e. The van der Waals surface area contributed by atoms with Crippen molar-refractivity contribution in [3.8, 4) is 0 Å². The lowest BCUT2D eigenvalue weighted by molar-refractivity contribution is -0.122. The van der Waals surface area contributed by atoms with E-state index in [1.165, 1.54) is 4.80 Å². The molecule has 0 fully saturated rings. The van der Waals surface area contributed by atoms with Gasteiger partial charge in [-0.1, -0.05) is 18.9 Å². The number of carbonyl (C=O) groups is 1. The van der Waals surface area contributed by atoms with Crippen molar-refractivity contribution in [2.24, 2.45) is 5.92 Å². The molecule has 8 heteroatoms. The van der Waals surface area contributed by atoms with Crippen molar-refractivity contribution in [3.63, 3.8) is 0 Å². The van der Waals surface area contributed by atoms with Crippen LogP contribution in [0.4, 0.5) is 5.95 Å². The van der Waals surface area contributed by atoms with Crippen molar-refractivity contribution in [3.05, 3.63) is 0 Å². The SMILES string of the molecule is CCn1nnc(NC(=S)NC(=O)C(C)C)n1. The molecule has 1 aromatic heterocycles. The lowest BCUT2D eigenvalue weighted by Crippen LogP contribution is -2.37. The molecule has 0 aromatic carbocycles. The lowest BCUT2D eigenvalue weighted by atomic mass is 10.2. The van der Waals surface area contributed by atoms with Gasteiger partial charge in [0.05, 0.1) is 6.54 Å². The number of carbonyl (C=O) groups excluding carboxylic acids is 1. The summed E-state index contributed by atoms with van der Waals surface area (Å²) in [4.78, 5) is 12.7. The summed E-state index contributed by atoms with van der Waals surface area (Å²) in [5.74, 6) is -0.00433. The molecule has 0 saturated heterocycles. The van der Waals surface area contributed by atoms with E-state index in [2.05, 4.69) is 26.0 Å². The standard InChI is InChI=1S/C8H14N6OS/c1-4-14-12-7(11-13-14)10-8(16)9-6(15)5(2)3/h5H,4H2,1-3H3,(H2,9,10,12,15,16). The molecule has 0 unspecified atom stereocenters. The van der Waals surface area contributed by atoms with Gasteiger partial charge in [-0.2, -0.15) is 4.80 Å². The first-order valence-corrected chi connectivity index (χ1v) is 5.33. The molecule has 0 aliphatic rings. The Labute approximate surface area is 98.6 Å². The third kappa shape index (κ3) is 3.54. The Hall–Kier alpha value is -1.57. The second-order valence-electron chi connectivity index (χ2n) is 3.40. The number of tetrazole rings is 1. The van der Waals surface area contributed by atoms with Crippen LogP contribution in [0.1, 0.15) is 20.8 Å². The van der Waals surface area contributed by atoms with Gasteiger partial charge in [-0.05, 0) is 24.4 Å². The summed E-state index contributed by atoms with van der Waals surface area (Å²) < 4.78 is 0. The molecule has 0 aliphatic carbocycles. The van der Waals surface area contributed by atoms with E-state index in [0.29, 0.717) is 6.54 Å². The zero-order chi connectivity index (χ0) is 12.1. The first-order valence-electron chi connectivity index (χ1n) is 4.92. The average Bonchev–Trinajstić information content (AvgIpc) is 2.65. The third-order valence-electron chi connectivity index (χ3n) is 1.72. The van der Waals surface area contributed by atoms with Gasteiger partial charge in [-0.3, -0.25) is 10.1 Å². The van der Waals surface area contributed by atoms with Crippen LogP contribution in [-0.4, -0.2) is 31.2 Å². The summed E-state index contributed by atoms with van der Waals surface area (Å²) in [6.07, 6.45) is 0. The fraction of sp³-hybridized carbons (Fsp3) is 0.625. The Morgan fingerprint density at radius 2 is 2.25 bits per heavy atom. The quantitative estimate of drug-likeness (QED) is 0.735. The van der Waals surface area contributed by atoms with E-state index in [-0.39, 0.29) is 22.9 Å². The van der Waals surface area contributed by atoms with Crippen LogP contribution in [0.2, 0.25) is 0 Å². The van der Waals surface area contributed by atoms with Gasteiger partial charge in [-0.15, -0.1) is 5.10 Å². The van der Waals surface area contributed by atoms with Gasteiger partial charge in [0.15, 0.2) is 5.11 Å². The minimum absolute atomic E-state index is 0.126. The van der Waals surface area contributed by atoms with E-state index in [9.17, 15) is 4.79 Å². The molecule has 0 atom stereocenters. The molecule has 7 nitrogen and oxygen atoms in total. The van der Waals surface area contributed by atoms with E-state index < -0.39 is 0 Å². The molecule has 1 rings (SSSR count). The number of nitrogens with zero attached hydrogens (tertiary/aromatic N) is 4. The van der Waals surface area contributed by atoms with E-state index in [1.807, 2.05) is 6.92 Å². The molecule has 2 N–H and O–H groups in total. The number of hydrogen-bond acceptors (Lipinski definition) is 5. The fourth-order valence-electron chi connectivity index (χ4n) is 0.816. The van der Waals surface area contributed by atoms with Gasteiger partial charge in [-0.25, -0.2) is 0 Å². The number of hydrogen-bond donors (Lipinski definition) is 2. The Kier molecular flexibility index (Phi) is 4.29. The first-order chi connectivity index (χ1) is 7.52. The van der Waals surface area contributed by atoms with Crippen LogP contribution in [0.5, 0.6) is 0 Å². The fourth-order valence-corrected chi connectivity index (χ4v) is 1.01. The second-order valence-corrected chi connectivity index (χ2v) is 3.81. The summed E-state index contributed by atoms with van der Waals surface area (Å²) in [5.41, 5.74) is 0. The van der Waals surface area contributed by atoms with E-state index in [1.54, 1.807) is 13.8 Å². The molecule has 88 valence electrons. The number of amides is 1. The van der Waals surface area contributed by atoms with Crippen molar-refractivity contribution < 1.29 is 4.79 Å². The molecule has 0 aliphatic heterocycles. The minimum atomic E-state index is -0.152. The highest BCUT2D eigenvalue weighted by Crippen LogP contribution is 1.95. The Morgan fingerprint density at radius 1 is 1.56 bits per heavy atom. The van der Waals surface area contributed by atoms with E-state index >= 15 is 0 Å². The normalized spacial score (nSPS) is 10.2. The van der Waals surface area contributed by atoms with Gasteiger partial charge >= 0.3 is 0 Å². The molecule has 1 amide bonds. The van der Waals surface area contributed by atoms with Crippen LogP contribution in [0.25, 0.3) is 0 Å². The molecule has 0 spiro atoms. The van der Waals surface area contributed by atoms with Crippen molar-refractivity contribution in [2.75, 3.05) is 5.32 Å². The number of aromatic nitrogens is 4. The van der Waals surface area contributed by atoms with Gasteiger partial charge < -0.3 is 5.32 Å². The van der Waals surface area contributed by atoms with Crippen LogP contribution in [0.3, 0.4) is 0 Å². The highest BCUT2D eigenvalue weighted by atomic mass is 32.1. The minimum Gasteiger partial charge on any atom is -0.303 e. The van der Waals surface area contributed by atoms with Gasteiger partial charge in [0.25, 0.3) is 5.95 Å². The molecule has 0 bridgehead atoms. The third-order valence-corrected chi connectivity index (χ3v) is 1.93. The summed E-state index contributed by atoms with van der Waals surface area (Å²) in [5, 5.41) is 16.8. The lowest BCUT2D eigenvalue weighted by Gasteiger charge is -2.07. The van der Waals surface area contributed by atoms with Crippen LogP contribution in [0.15, 0.2) is 0 Å². The number of nitrogens with one attached hydrogen (secondary N) is 2. The molecular weight excluding hydrogens is 228 g/mol. The van der Waals surface area contributed by atoms with Crippen molar-refractivity contribution in [1.29, 1.82) is 0 Å². The van der Waals surface area contributed by atoms with E-state index in [0.717, 1.165) is 0 Å². The maximum atomic E-state index is 11.3. The van der Waals surface area contributed by atoms with Gasteiger partial charge in [0, 0.05) is 5.92 Å². The molecular formula is C8H14N6OS. The van der Waals surface area contributed by atoms with Crippen LogP contribution >= 0.6 is 12.2 Å². The molecule has 1 aromatic rings. The van der Waals surface area contributed by atoms with E-state index in [4.69, 9.17) is 12.2 Å². The Bertz CT molecular complexity index is 388.